The van der Waals surface area contributed by atoms with Gasteiger partial charge in [-0.3, -0.25) is 4.79 Å². The van der Waals surface area contributed by atoms with Crippen molar-refractivity contribution >= 4 is 23.1 Å². The Morgan fingerprint density at radius 1 is 1.33 bits per heavy atom. The SMILES string of the molecule is C[C@@H](Nc1cc(-c2cnc(C(F)(F)F)s2)ncn1)C(=O)N1CCC1. The third-order valence-electron chi connectivity index (χ3n) is 3.57. The van der Waals surface area contributed by atoms with Crippen LogP contribution in [0.4, 0.5) is 19.0 Å². The van der Waals surface area contributed by atoms with E-state index >= 15 is 0 Å². The number of likely N-dealkylation sites (tertiary alicyclic amines) is 1. The van der Waals surface area contributed by atoms with Crippen LogP contribution >= 0.6 is 11.3 Å². The van der Waals surface area contributed by atoms with E-state index in [0.29, 0.717) is 22.8 Å². The largest absolute Gasteiger partial charge is 0.443 e. The Kier molecular flexibility index (Phi) is 4.39. The van der Waals surface area contributed by atoms with Gasteiger partial charge in [-0.05, 0) is 13.3 Å². The summed E-state index contributed by atoms with van der Waals surface area (Å²) in [5.41, 5.74) is 0.323. The number of amides is 1. The zero-order valence-electron chi connectivity index (χ0n) is 12.7. The highest BCUT2D eigenvalue weighted by Gasteiger charge is 2.34. The molecule has 0 spiro atoms. The molecule has 6 nitrogen and oxygen atoms in total. The molecule has 0 radical (unpaired) electrons. The molecule has 1 amide bonds. The lowest BCUT2D eigenvalue weighted by Gasteiger charge is -2.33. The number of carbonyl (C=O) groups excluding carboxylic acids is 1. The lowest BCUT2D eigenvalue weighted by Crippen LogP contribution is -2.48. The minimum atomic E-state index is -4.48. The van der Waals surface area contributed by atoms with Gasteiger partial charge in [0.25, 0.3) is 0 Å². The van der Waals surface area contributed by atoms with E-state index in [1.54, 1.807) is 11.8 Å². The molecule has 128 valence electrons. The first-order valence-electron chi connectivity index (χ1n) is 7.25. The van der Waals surface area contributed by atoms with E-state index < -0.39 is 17.2 Å². The van der Waals surface area contributed by atoms with Crippen molar-refractivity contribution < 1.29 is 18.0 Å². The minimum absolute atomic E-state index is 0.0291. The van der Waals surface area contributed by atoms with Gasteiger partial charge in [-0.2, -0.15) is 13.2 Å². The summed E-state index contributed by atoms with van der Waals surface area (Å²) in [6.45, 7) is 3.22. The van der Waals surface area contributed by atoms with E-state index in [-0.39, 0.29) is 10.8 Å². The summed E-state index contributed by atoms with van der Waals surface area (Å²) in [7, 11) is 0. The molecule has 3 rings (SSSR count). The van der Waals surface area contributed by atoms with Gasteiger partial charge in [-0.15, -0.1) is 11.3 Å². The van der Waals surface area contributed by atoms with E-state index in [2.05, 4.69) is 20.3 Å². The number of aromatic nitrogens is 3. The van der Waals surface area contributed by atoms with Gasteiger partial charge in [0.2, 0.25) is 5.91 Å². The number of thiazole rings is 1. The molecule has 24 heavy (non-hydrogen) atoms. The molecule has 0 aliphatic carbocycles. The second-order valence-corrected chi connectivity index (χ2v) is 6.39. The Hall–Kier alpha value is -2.23. The van der Waals surface area contributed by atoms with Gasteiger partial charge in [0.15, 0.2) is 5.01 Å². The number of rotatable bonds is 4. The van der Waals surface area contributed by atoms with Gasteiger partial charge in [0.05, 0.1) is 10.6 Å². The predicted octanol–water partition coefficient (Wildman–Crippen LogP) is 2.65. The molecule has 1 atom stereocenters. The topological polar surface area (TPSA) is 71.0 Å². The van der Waals surface area contributed by atoms with Gasteiger partial charge < -0.3 is 10.2 Å². The van der Waals surface area contributed by atoms with Crippen LogP contribution in [-0.2, 0) is 11.0 Å². The van der Waals surface area contributed by atoms with Crippen LogP contribution in [0.1, 0.15) is 18.4 Å². The maximum absolute atomic E-state index is 12.6. The van der Waals surface area contributed by atoms with Crippen molar-refractivity contribution in [3.63, 3.8) is 0 Å². The molecule has 0 saturated carbocycles. The monoisotopic (exact) mass is 357 g/mol. The highest BCUT2D eigenvalue weighted by atomic mass is 32.1. The van der Waals surface area contributed by atoms with Crippen molar-refractivity contribution in [2.24, 2.45) is 0 Å². The van der Waals surface area contributed by atoms with Crippen molar-refractivity contribution in [2.45, 2.75) is 25.6 Å². The third-order valence-corrected chi connectivity index (χ3v) is 4.63. The highest BCUT2D eigenvalue weighted by Crippen LogP contribution is 2.35. The normalized spacial score (nSPS) is 15.8. The molecular weight excluding hydrogens is 343 g/mol. The van der Waals surface area contributed by atoms with Crippen LogP contribution in [0.15, 0.2) is 18.6 Å². The molecule has 2 aromatic heterocycles. The molecule has 1 aliphatic rings. The van der Waals surface area contributed by atoms with Crippen LogP contribution < -0.4 is 5.32 Å². The second-order valence-electron chi connectivity index (χ2n) is 5.36. The van der Waals surface area contributed by atoms with Crippen LogP contribution in [0.3, 0.4) is 0 Å². The molecule has 10 heteroatoms. The Morgan fingerprint density at radius 3 is 2.67 bits per heavy atom. The van der Waals surface area contributed by atoms with Crippen LogP contribution in [0.25, 0.3) is 10.6 Å². The molecule has 0 bridgehead atoms. The summed E-state index contributed by atoms with van der Waals surface area (Å²) in [6, 6.07) is 1.04. The fraction of sp³-hybridized carbons (Fsp3) is 0.429. The standard InChI is InChI=1S/C14H14F3N5OS/c1-8(12(23)22-3-2-4-22)21-11-5-9(19-7-20-11)10-6-18-13(24-10)14(15,16)17/h5-8H,2-4H2,1H3,(H,19,20,21)/t8-/m1/s1. The molecule has 1 N–H and O–H groups in total. The zero-order valence-corrected chi connectivity index (χ0v) is 13.5. The number of nitrogens with zero attached hydrogens (tertiary/aromatic N) is 4. The van der Waals surface area contributed by atoms with Crippen molar-refractivity contribution in [1.82, 2.24) is 19.9 Å². The maximum Gasteiger partial charge on any atom is 0.443 e. The highest BCUT2D eigenvalue weighted by molar-refractivity contribution is 7.15. The van der Waals surface area contributed by atoms with Crippen LogP contribution in [0, 0.1) is 0 Å². The summed E-state index contributed by atoms with van der Waals surface area (Å²) in [6.07, 6.45) is -1.10. The molecule has 0 unspecified atom stereocenters. The fourth-order valence-electron chi connectivity index (χ4n) is 2.19. The number of halogens is 3. The van der Waals surface area contributed by atoms with E-state index in [1.165, 1.54) is 12.4 Å². The van der Waals surface area contributed by atoms with Gasteiger partial charge in [0, 0.05) is 25.4 Å². The van der Waals surface area contributed by atoms with Crippen molar-refractivity contribution in [3.8, 4) is 10.6 Å². The lowest BCUT2D eigenvalue weighted by molar-refractivity contribution is -0.137. The quantitative estimate of drug-likeness (QED) is 0.911. The lowest BCUT2D eigenvalue weighted by atomic mass is 10.2. The predicted molar refractivity (Wildman–Crippen MR) is 82.4 cm³/mol. The summed E-state index contributed by atoms with van der Waals surface area (Å²) in [4.78, 5) is 25.5. The fourth-order valence-corrected chi connectivity index (χ4v) is 2.94. The maximum atomic E-state index is 12.6. The smallest absolute Gasteiger partial charge is 0.359 e. The minimum Gasteiger partial charge on any atom is -0.359 e. The van der Waals surface area contributed by atoms with E-state index in [1.807, 2.05) is 0 Å². The second kappa shape index (κ2) is 6.34. The number of hydrogen-bond acceptors (Lipinski definition) is 6. The van der Waals surface area contributed by atoms with E-state index in [4.69, 9.17) is 0 Å². The number of alkyl halides is 3. The Morgan fingerprint density at radius 2 is 2.08 bits per heavy atom. The van der Waals surface area contributed by atoms with E-state index in [9.17, 15) is 18.0 Å². The van der Waals surface area contributed by atoms with Gasteiger partial charge in [0.1, 0.15) is 18.2 Å². The van der Waals surface area contributed by atoms with Gasteiger partial charge >= 0.3 is 6.18 Å². The summed E-state index contributed by atoms with van der Waals surface area (Å²) < 4.78 is 37.9. The molecular formula is C14H14F3N5OS. The van der Waals surface area contributed by atoms with Crippen molar-refractivity contribution in [1.29, 1.82) is 0 Å². The molecule has 0 aromatic carbocycles. The van der Waals surface area contributed by atoms with Crippen LogP contribution in [0.2, 0.25) is 0 Å². The Labute approximate surface area is 139 Å². The molecule has 1 saturated heterocycles. The first kappa shape index (κ1) is 16.6. The van der Waals surface area contributed by atoms with Crippen molar-refractivity contribution in [3.05, 3.63) is 23.6 Å². The number of hydrogen-bond donors (Lipinski definition) is 1. The van der Waals surface area contributed by atoms with Crippen molar-refractivity contribution in [2.75, 3.05) is 18.4 Å². The van der Waals surface area contributed by atoms with E-state index in [0.717, 1.165) is 25.7 Å². The first-order chi connectivity index (χ1) is 11.3. The molecule has 2 aromatic rings. The molecule has 3 heterocycles. The zero-order chi connectivity index (χ0) is 17.3. The summed E-state index contributed by atoms with van der Waals surface area (Å²) in [5.74, 6) is 0.349. The molecule has 1 fully saturated rings. The average Bonchev–Trinajstić information content (AvgIpc) is 2.95. The third kappa shape index (κ3) is 3.48. The Bertz CT molecular complexity index is 744. The van der Waals surface area contributed by atoms with Crippen LogP contribution in [0.5, 0.6) is 0 Å². The summed E-state index contributed by atoms with van der Waals surface area (Å²) >= 11 is 0.515. The van der Waals surface area contributed by atoms with Crippen LogP contribution in [-0.4, -0.2) is 44.9 Å². The van der Waals surface area contributed by atoms with Gasteiger partial charge in [-0.1, -0.05) is 0 Å². The first-order valence-corrected chi connectivity index (χ1v) is 8.07. The number of carbonyl (C=O) groups is 1. The Balaban J connectivity index is 1.74. The number of nitrogens with one attached hydrogen (secondary N) is 1. The molecule has 1 aliphatic heterocycles. The average molecular weight is 357 g/mol. The van der Waals surface area contributed by atoms with Gasteiger partial charge in [-0.25, -0.2) is 15.0 Å². The summed E-state index contributed by atoms with van der Waals surface area (Å²) in [5, 5.41) is 2.03. The number of anilines is 1.